The molecule has 1 aliphatic rings. The maximum Gasteiger partial charge on any atom is 0.271 e. The van der Waals surface area contributed by atoms with Crippen LogP contribution in [0.5, 0.6) is 0 Å². The first kappa shape index (κ1) is 13.6. The van der Waals surface area contributed by atoms with Crippen LogP contribution in [0.15, 0.2) is 12.2 Å². The number of rotatable bonds is 3. The van der Waals surface area contributed by atoms with Gasteiger partial charge >= 0.3 is 0 Å². The van der Waals surface area contributed by atoms with E-state index in [0.717, 1.165) is 12.8 Å². The largest absolute Gasteiger partial charge is 0.334 e. The molecule has 5 nitrogen and oxygen atoms in total. The number of allylic oxidation sites excluding steroid dienone is 1. The number of piperazine rings is 1. The molecule has 5 heteroatoms. The lowest BCUT2D eigenvalue weighted by molar-refractivity contribution is -0.128. The Morgan fingerprint density at radius 1 is 1.35 bits per heavy atom. The van der Waals surface area contributed by atoms with Crippen LogP contribution in [0, 0.1) is 10.8 Å². The summed E-state index contributed by atoms with van der Waals surface area (Å²) in [4.78, 5) is 15.9. The Kier molecular flexibility index (Phi) is 4.17. The minimum absolute atomic E-state index is 0.0561. The van der Waals surface area contributed by atoms with E-state index in [1.54, 1.807) is 4.90 Å². The van der Waals surface area contributed by atoms with Crippen molar-refractivity contribution in [1.29, 1.82) is 10.8 Å². The summed E-state index contributed by atoms with van der Waals surface area (Å²) in [6.07, 6.45) is 3.82. The molecule has 1 rings (SSSR count). The van der Waals surface area contributed by atoms with E-state index in [4.69, 9.17) is 10.8 Å². The van der Waals surface area contributed by atoms with Crippen LogP contribution >= 0.6 is 0 Å². The highest BCUT2D eigenvalue weighted by Crippen LogP contribution is 2.18. The van der Waals surface area contributed by atoms with Crippen molar-refractivity contribution in [3.8, 4) is 0 Å². The second kappa shape index (κ2) is 5.23. The number of carbonyl (C=O) groups is 1. The summed E-state index contributed by atoms with van der Waals surface area (Å²) >= 11 is 0. The van der Waals surface area contributed by atoms with Gasteiger partial charge in [-0.25, -0.2) is 0 Å². The highest BCUT2D eigenvalue weighted by molar-refractivity contribution is 6.42. The number of nitrogens with one attached hydrogen (secondary N) is 2. The Labute approximate surface area is 102 Å². The molecule has 17 heavy (non-hydrogen) atoms. The summed E-state index contributed by atoms with van der Waals surface area (Å²) in [5.41, 5.74) is -0.117. The van der Waals surface area contributed by atoms with Crippen LogP contribution in [-0.4, -0.2) is 59.9 Å². The van der Waals surface area contributed by atoms with E-state index in [1.807, 2.05) is 7.05 Å². The van der Waals surface area contributed by atoms with E-state index >= 15 is 0 Å². The van der Waals surface area contributed by atoms with Gasteiger partial charge in [0.15, 0.2) is 0 Å². The molecule has 1 heterocycles. The van der Waals surface area contributed by atoms with Crippen molar-refractivity contribution in [2.45, 2.75) is 19.4 Å². The summed E-state index contributed by atoms with van der Waals surface area (Å²) < 4.78 is 0. The minimum Gasteiger partial charge on any atom is -0.334 e. The maximum atomic E-state index is 12.0. The molecule has 0 aromatic carbocycles. The van der Waals surface area contributed by atoms with Gasteiger partial charge < -0.3 is 10.3 Å². The summed E-state index contributed by atoms with van der Waals surface area (Å²) in [5.74, 6) is -0.260. The van der Waals surface area contributed by atoms with Crippen LogP contribution in [0.3, 0.4) is 0 Å². The van der Waals surface area contributed by atoms with Gasteiger partial charge in [0.05, 0.1) is 0 Å². The van der Waals surface area contributed by atoms with Gasteiger partial charge in [-0.2, -0.15) is 0 Å². The molecule has 1 saturated heterocycles. The lowest BCUT2D eigenvalue weighted by Crippen LogP contribution is -2.59. The fourth-order valence-corrected chi connectivity index (χ4v) is 1.80. The monoisotopic (exact) mass is 236 g/mol. The fourth-order valence-electron chi connectivity index (χ4n) is 1.80. The molecule has 0 aromatic heterocycles. The van der Waals surface area contributed by atoms with Crippen molar-refractivity contribution in [3.05, 3.63) is 12.2 Å². The molecular formula is C12H20N4O. The SMILES string of the molecule is CN1CCN(C(=O)C(=N)/C=C\C=N)CC1(C)C. The molecule has 0 atom stereocenters. The third-order valence-corrected chi connectivity index (χ3v) is 3.19. The molecule has 0 bridgehead atoms. The molecule has 94 valence electrons. The topological polar surface area (TPSA) is 71.2 Å². The summed E-state index contributed by atoms with van der Waals surface area (Å²) in [6.45, 7) is 6.27. The Bertz CT molecular complexity index is 360. The first-order valence-corrected chi connectivity index (χ1v) is 5.64. The maximum absolute atomic E-state index is 12.0. The van der Waals surface area contributed by atoms with Crippen LogP contribution in [0.1, 0.15) is 13.8 Å². The molecule has 1 aliphatic heterocycles. The number of hydrogen-bond donors (Lipinski definition) is 2. The first-order valence-electron chi connectivity index (χ1n) is 5.64. The van der Waals surface area contributed by atoms with Gasteiger partial charge in [-0.05, 0) is 33.0 Å². The Morgan fingerprint density at radius 3 is 2.53 bits per heavy atom. The molecule has 1 fully saturated rings. The van der Waals surface area contributed by atoms with Gasteiger partial charge in [-0.3, -0.25) is 15.1 Å². The van der Waals surface area contributed by atoms with Crippen molar-refractivity contribution < 1.29 is 4.79 Å². The molecule has 0 radical (unpaired) electrons. The molecule has 2 N–H and O–H groups in total. The normalized spacial score (nSPS) is 20.5. The lowest BCUT2D eigenvalue weighted by atomic mass is 9.99. The van der Waals surface area contributed by atoms with Crippen LogP contribution in [0.4, 0.5) is 0 Å². The van der Waals surface area contributed by atoms with E-state index in [1.165, 1.54) is 12.2 Å². The average molecular weight is 236 g/mol. The predicted molar refractivity (Wildman–Crippen MR) is 68.9 cm³/mol. The third-order valence-electron chi connectivity index (χ3n) is 3.19. The fraction of sp³-hybridized carbons (Fsp3) is 0.583. The third kappa shape index (κ3) is 3.23. The second-order valence-corrected chi connectivity index (χ2v) is 4.90. The number of hydrogen-bond acceptors (Lipinski definition) is 4. The zero-order valence-electron chi connectivity index (χ0n) is 10.7. The quantitative estimate of drug-likeness (QED) is 0.710. The van der Waals surface area contributed by atoms with Crippen LogP contribution in [0.25, 0.3) is 0 Å². The highest BCUT2D eigenvalue weighted by atomic mass is 16.2. The number of nitrogens with zero attached hydrogens (tertiary/aromatic N) is 2. The van der Waals surface area contributed by atoms with E-state index in [0.29, 0.717) is 13.1 Å². The molecule has 1 amide bonds. The highest BCUT2D eigenvalue weighted by Gasteiger charge is 2.33. The number of carbonyl (C=O) groups excluding carboxylic acids is 1. The predicted octanol–water partition coefficient (Wildman–Crippen LogP) is 0.765. The zero-order valence-corrected chi connectivity index (χ0v) is 10.7. The summed E-state index contributed by atoms with van der Waals surface area (Å²) in [6, 6.07) is 0. The van der Waals surface area contributed by atoms with E-state index in [2.05, 4.69) is 18.7 Å². The molecule has 0 saturated carbocycles. The van der Waals surface area contributed by atoms with Gasteiger partial charge in [0.1, 0.15) is 5.71 Å². The van der Waals surface area contributed by atoms with E-state index in [9.17, 15) is 4.79 Å². The molecule has 0 spiro atoms. The van der Waals surface area contributed by atoms with E-state index in [-0.39, 0.29) is 17.2 Å². The lowest BCUT2D eigenvalue weighted by Gasteiger charge is -2.45. The number of likely N-dealkylation sites (N-methyl/N-ethyl adjacent to an activating group) is 1. The zero-order chi connectivity index (χ0) is 13.1. The average Bonchev–Trinajstić information content (AvgIpc) is 2.28. The molecule has 0 aliphatic carbocycles. The molecule has 0 aromatic rings. The number of amides is 1. The van der Waals surface area contributed by atoms with Crippen molar-refractivity contribution in [1.82, 2.24) is 9.80 Å². The molecular weight excluding hydrogens is 216 g/mol. The summed E-state index contributed by atoms with van der Waals surface area (Å²) in [7, 11) is 2.04. The Hall–Kier alpha value is -1.49. The van der Waals surface area contributed by atoms with Crippen molar-refractivity contribution in [2.75, 3.05) is 26.7 Å². The van der Waals surface area contributed by atoms with Gasteiger partial charge in [-0.1, -0.05) is 0 Å². The van der Waals surface area contributed by atoms with Gasteiger partial charge in [-0.15, -0.1) is 0 Å². The minimum atomic E-state index is -0.260. The van der Waals surface area contributed by atoms with Crippen LogP contribution in [0.2, 0.25) is 0 Å². The second-order valence-electron chi connectivity index (χ2n) is 4.90. The molecule has 0 unspecified atom stereocenters. The van der Waals surface area contributed by atoms with Crippen LogP contribution in [-0.2, 0) is 4.79 Å². The van der Waals surface area contributed by atoms with Gasteiger partial charge in [0.25, 0.3) is 5.91 Å². The Balaban J connectivity index is 2.69. The summed E-state index contributed by atoms with van der Waals surface area (Å²) in [5, 5.41) is 14.4. The van der Waals surface area contributed by atoms with Crippen molar-refractivity contribution >= 4 is 17.8 Å². The standard InChI is InChI=1S/C12H20N4O/c1-12(2)9-16(8-7-15(12)3)11(17)10(14)5-4-6-13/h4-6,13-14H,7-9H2,1-3H3/b5-4-,13-6?,14-10?. The first-order chi connectivity index (χ1) is 7.88. The Morgan fingerprint density at radius 2 is 2.00 bits per heavy atom. The van der Waals surface area contributed by atoms with Crippen LogP contribution < -0.4 is 0 Å². The van der Waals surface area contributed by atoms with Crippen molar-refractivity contribution in [2.24, 2.45) is 0 Å². The van der Waals surface area contributed by atoms with Crippen molar-refractivity contribution in [3.63, 3.8) is 0 Å². The van der Waals surface area contributed by atoms with E-state index < -0.39 is 0 Å². The smallest absolute Gasteiger partial charge is 0.271 e. The van der Waals surface area contributed by atoms with Gasteiger partial charge in [0, 0.05) is 31.4 Å². The van der Waals surface area contributed by atoms with Gasteiger partial charge in [0.2, 0.25) is 0 Å².